The Morgan fingerprint density at radius 1 is 1.56 bits per heavy atom. The molecule has 0 aliphatic heterocycles. The van der Waals surface area contributed by atoms with E-state index < -0.39 is 12.0 Å². The molecule has 6 nitrogen and oxygen atoms in total. The third-order valence-electron chi connectivity index (χ3n) is 2.15. The minimum absolute atomic E-state index is 0.215. The highest BCUT2D eigenvalue weighted by molar-refractivity contribution is 5.73. The van der Waals surface area contributed by atoms with Gasteiger partial charge in [-0.15, -0.1) is 0 Å². The predicted molar refractivity (Wildman–Crippen MR) is 59.6 cm³/mol. The average molecular weight is 224 g/mol. The highest BCUT2D eigenvalue weighted by Crippen LogP contribution is 2.01. The maximum Gasteiger partial charge on any atom is 0.320 e. The first-order valence-electron chi connectivity index (χ1n) is 5.16. The van der Waals surface area contributed by atoms with E-state index in [-0.39, 0.29) is 5.95 Å². The van der Waals surface area contributed by atoms with Crippen LogP contribution in [-0.2, 0) is 11.3 Å². The molecule has 0 bridgehead atoms. The summed E-state index contributed by atoms with van der Waals surface area (Å²) in [7, 11) is 0. The molecule has 0 radical (unpaired) electrons. The second-order valence-corrected chi connectivity index (χ2v) is 3.51. The van der Waals surface area contributed by atoms with Crippen molar-refractivity contribution in [1.82, 2.24) is 15.3 Å². The van der Waals surface area contributed by atoms with E-state index in [1.165, 1.54) is 0 Å². The fourth-order valence-electron chi connectivity index (χ4n) is 1.30. The number of aromatic nitrogens is 2. The van der Waals surface area contributed by atoms with Gasteiger partial charge in [0.05, 0.1) is 0 Å². The molecule has 0 fully saturated rings. The molecule has 0 aliphatic rings. The normalized spacial score (nSPS) is 12.3. The molecule has 0 unspecified atom stereocenters. The van der Waals surface area contributed by atoms with Crippen LogP contribution in [-0.4, -0.2) is 27.1 Å². The molecule has 0 spiro atoms. The van der Waals surface area contributed by atoms with E-state index in [1.807, 2.05) is 6.92 Å². The van der Waals surface area contributed by atoms with Gasteiger partial charge in [-0.25, -0.2) is 9.97 Å². The number of hydrogen-bond donors (Lipinski definition) is 3. The number of carboxylic acid groups (broad SMARTS) is 1. The van der Waals surface area contributed by atoms with Crippen molar-refractivity contribution in [3.63, 3.8) is 0 Å². The Hall–Kier alpha value is -1.69. The molecule has 88 valence electrons. The summed E-state index contributed by atoms with van der Waals surface area (Å²) in [6.45, 7) is 2.38. The van der Waals surface area contributed by atoms with Gasteiger partial charge < -0.3 is 16.2 Å². The quantitative estimate of drug-likeness (QED) is 0.646. The molecular weight excluding hydrogens is 208 g/mol. The van der Waals surface area contributed by atoms with Crippen LogP contribution in [0.3, 0.4) is 0 Å². The molecule has 4 N–H and O–H groups in total. The fraction of sp³-hybridized carbons (Fsp3) is 0.500. The molecule has 1 aromatic rings. The Kier molecular flexibility index (Phi) is 4.65. The predicted octanol–water partition coefficient (Wildman–Crippen LogP) is 0.402. The van der Waals surface area contributed by atoms with Crippen molar-refractivity contribution in [3.8, 4) is 0 Å². The third-order valence-corrected chi connectivity index (χ3v) is 2.15. The van der Waals surface area contributed by atoms with Gasteiger partial charge in [-0.2, -0.15) is 0 Å². The second kappa shape index (κ2) is 6.02. The zero-order valence-corrected chi connectivity index (χ0v) is 9.18. The van der Waals surface area contributed by atoms with Crippen molar-refractivity contribution < 1.29 is 9.90 Å². The number of aliphatic carboxylic acids is 1. The fourth-order valence-corrected chi connectivity index (χ4v) is 1.30. The molecule has 0 amide bonds. The van der Waals surface area contributed by atoms with E-state index in [9.17, 15) is 4.79 Å². The topological polar surface area (TPSA) is 101 Å². The third kappa shape index (κ3) is 3.82. The number of carboxylic acids is 1. The largest absolute Gasteiger partial charge is 0.480 e. The molecular formula is C10H16N4O2. The Morgan fingerprint density at radius 2 is 2.19 bits per heavy atom. The maximum absolute atomic E-state index is 10.9. The Balaban J connectivity index is 2.48. The van der Waals surface area contributed by atoms with Crippen LogP contribution in [0.5, 0.6) is 0 Å². The number of nitrogen functional groups attached to an aromatic ring is 1. The first kappa shape index (κ1) is 12.4. The zero-order valence-electron chi connectivity index (χ0n) is 9.18. The number of rotatable bonds is 6. The summed E-state index contributed by atoms with van der Waals surface area (Å²) in [5.41, 5.74) is 6.16. The van der Waals surface area contributed by atoms with Crippen molar-refractivity contribution in [2.45, 2.75) is 32.4 Å². The SMILES string of the molecule is CCC[C@H](NCc1cnc(N)nc1)C(=O)O. The minimum Gasteiger partial charge on any atom is -0.480 e. The number of hydrogen-bond acceptors (Lipinski definition) is 5. The lowest BCUT2D eigenvalue weighted by Crippen LogP contribution is -2.36. The zero-order chi connectivity index (χ0) is 12.0. The van der Waals surface area contributed by atoms with E-state index in [1.54, 1.807) is 12.4 Å². The molecule has 1 rings (SSSR count). The highest BCUT2D eigenvalue weighted by atomic mass is 16.4. The number of carbonyl (C=O) groups is 1. The Morgan fingerprint density at radius 3 is 2.69 bits per heavy atom. The van der Waals surface area contributed by atoms with Crippen LogP contribution in [0.15, 0.2) is 12.4 Å². The highest BCUT2D eigenvalue weighted by Gasteiger charge is 2.14. The van der Waals surface area contributed by atoms with Gasteiger partial charge in [0, 0.05) is 24.5 Å². The minimum atomic E-state index is -0.835. The lowest BCUT2D eigenvalue weighted by molar-refractivity contribution is -0.139. The summed E-state index contributed by atoms with van der Waals surface area (Å²) in [5, 5.41) is 11.8. The van der Waals surface area contributed by atoms with Gasteiger partial charge in [0.15, 0.2) is 0 Å². The van der Waals surface area contributed by atoms with E-state index in [0.717, 1.165) is 12.0 Å². The molecule has 1 heterocycles. The lowest BCUT2D eigenvalue weighted by Gasteiger charge is -2.12. The van der Waals surface area contributed by atoms with Gasteiger partial charge in [-0.05, 0) is 6.42 Å². The van der Waals surface area contributed by atoms with Crippen LogP contribution in [0, 0.1) is 0 Å². The van der Waals surface area contributed by atoms with Crippen LogP contribution < -0.4 is 11.1 Å². The van der Waals surface area contributed by atoms with Crippen LogP contribution in [0.2, 0.25) is 0 Å². The van der Waals surface area contributed by atoms with Crippen LogP contribution >= 0.6 is 0 Å². The van der Waals surface area contributed by atoms with Crippen molar-refractivity contribution in [1.29, 1.82) is 0 Å². The first-order valence-corrected chi connectivity index (χ1v) is 5.16. The molecule has 0 aliphatic carbocycles. The standard InChI is InChI=1S/C10H16N4O2/c1-2-3-8(9(15)16)12-4-7-5-13-10(11)14-6-7/h5-6,8,12H,2-4H2,1H3,(H,15,16)(H2,11,13,14)/t8-/m0/s1. The summed E-state index contributed by atoms with van der Waals surface area (Å²) in [6.07, 6.45) is 4.59. The van der Waals surface area contributed by atoms with E-state index >= 15 is 0 Å². The van der Waals surface area contributed by atoms with Gasteiger partial charge in [0.1, 0.15) is 6.04 Å². The van der Waals surface area contributed by atoms with Crippen LogP contribution in [0.25, 0.3) is 0 Å². The molecule has 0 saturated carbocycles. The summed E-state index contributed by atoms with van der Waals surface area (Å²) in [4.78, 5) is 18.5. The summed E-state index contributed by atoms with van der Waals surface area (Å²) < 4.78 is 0. The number of nitrogens with one attached hydrogen (secondary N) is 1. The van der Waals surface area contributed by atoms with E-state index in [2.05, 4.69) is 15.3 Å². The molecule has 16 heavy (non-hydrogen) atoms. The van der Waals surface area contributed by atoms with E-state index in [4.69, 9.17) is 10.8 Å². The number of nitrogens with zero attached hydrogens (tertiary/aromatic N) is 2. The number of nitrogens with two attached hydrogens (primary N) is 1. The maximum atomic E-state index is 10.9. The van der Waals surface area contributed by atoms with Gasteiger partial charge >= 0.3 is 5.97 Å². The van der Waals surface area contributed by atoms with Crippen molar-refractivity contribution >= 4 is 11.9 Å². The molecule has 0 aromatic carbocycles. The first-order chi connectivity index (χ1) is 7.63. The van der Waals surface area contributed by atoms with Crippen molar-refractivity contribution in [3.05, 3.63) is 18.0 Å². The monoisotopic (exact) mass is 224 g/mol. The summed E-state index contributed by atoms with van der Waals surface area (Å²) in [6, 6.07) is -0.525. The van der Waals surface area contributed by atoms with Gasteiger partial charge in [-0.1, -0.05) is 13.3 Å². The van der Waals surface area contributed by atoms with Gasteiger partial charge in [0.25, 0.3) is 0 Å². The van der Waals surface area contributed by atoms with Crippen molar-refractivity contribution in [2.75, 3.05) is 5.73 Å². The lowest BCUT2D eigenvalue weighted by atomic mass is 10.1. The Labute approximate surface area is 93.9 Å². The van der Waals surface area contributed by atoms with Crippen molar-refractivity contribution in [2.24, 2.45) is 0 Å². The number of anilines is 1. The average Bonchev–Trinajstić information content (AvgIpc) is 2.26. The summed E-state index contributed by atoms with van der Waals surface area (Å²) in [5.74, 6) is -0.620. The molecule has 6 heteroatoms. The van der Waals surface area contributed by atoms with E-state index in [0.29, 0.717) is 13.0 Å². The molecule has 0 saturated heterocycles. The van der Waals surface area contributed by atoms with Gasteiger partial charge in [-0.3, -0.25) is 4.79 Å². The second-order valence-electron chi connectivity index (χ2n) is 3.51. The van der Waals surface area contributed by atoms with Crippen LogP contribution in [0.4, 0.5) is 5.95 Å². The smallest absolute Gasteiger partial charge is 0.320 e. The summed E-state index contributed by atoms with van der Waals surface area (Å²) >= 11 is 0. The van der Waals surface area contributed by atoms with Crippen LogP contribution in [0.1, 0.15) is 25.3 Å². The Bertz CT molecular complexity index is 339. The van der Waals surface area contributed by atoms with Gasteiger partial charge in [0.2, 0.25) is 5.95 Å². The molecule has 1 aromatic heterocycles. The molecule has 1 atom stereocenters.